The maximum Gasteiger partial charge on any atom is 0.119 e. The van der Waals surface area contributed by atoms with Crippen LogP contribution in [0.15, 0.2) is 24.3 Å². The topological polar surface area (TPSA) is 21.7 Å². The lowest BCUT2D eigenvalue weighted by Crippen LogP contribution is -2.47. The molecular formula is C22H34ClNO2S. The minimum absolute atomic E-state index is 0.104. The molecule has 2 saturated heterocycles. The van der Waals surface area contributed by atoms with E-state index in [2.05, 4.69) is 39.5 Å². The SMILES string of the molecule is CC1(C)CCCN(CC2CSC(C)(C(C)(C)COc3ccc(Cl)cc3)O2)C1. The molecule has 0 bridgehead atoms. The largest absolute Gasteiger partial charge is 0.493 e. The van der Waals surface area contributed by atoms with Crippen molar-refractivity contribution in [2.45, 2.75) is 58.5 Å². The van der Waals surface area contributed by atoms with E-state index in [0.717, 1.165) is 23.1 Å². The second kappa shape index (κ2) is 8.14. The van der Waals surface area contributed by atoms with Crippen LogP contribution in [0.1, 0.15) is 47.5 Å². The summed E-state index contributed by atoms with van der Waals surface area (Å²) in [5, 5.41) is 0.729. The molecule has 0 saturated carbocycles. The van der Waals surface area contributed by atoms with E-state index >= 15 is 0 Å². The predicted octanol–water partition coefficient (Wildman–Crippen LogP) is 5.72. The van der Waals surface area contributed by atoms with E-state index in [9.17, 15) is 0 Å². The van der Waals surface area contributed by atoms with Gasteiger partial charge in [0.05, 0.1) is 12.7 Å². The molecule has 2 unspecified atom stereocenters. The number of rotatable bonds is 6. The number of nitrogens with zero attached hydrogens (tertiary/aromatic N) is 1. The average Bonchev–Trinajstić information content (AvgIpc) is 2.96. The molecule has 0 amide bonds. The third kappa shape index (κ3) is 5.35. The minimum atomic E-state index is -0.241. The number of hydrogen-bond donors (Lipinski definition) is 0. The van der Waals surface area contributed by atoms with Crippen LogP contribution in [0.3, 0.4) is 0 Å². The number of halogens is 1. The highest BCUT2D eigenvalue weighted by molar-refractivity contribution is 8.00. The van der Waals surface area contributed by atoms with Gasteiger partial charge in [0.25, 0.3) is 0 Å². The molecule has 0 spiro atoms. The molecule has 0 aromatic heterocycles. The van der Waals surface area contributed by atoms with Crippen molar-refractivity contribution >= 4 is 23.4 Å². The third-order valence-electron chi connectivity index (χ3n) is 6.02. The van der Waals surface area contributed by atoms with Gasteiger partial charge < -0.3 is 14.4 Å². The second-order valence-corrected chi connectivity index (χ2v) is 11.5. The zero-order chi connectivity index (χ0) is 19.7. The first-order valence-electron chi connectivity index (χ1n) is 10.0. The van der Waals surface area contributed by atoms with Crippen molar-refractivity contribution < 1.29 is 9.47 Å². The molecule has 27 heavy (non-hydrogen) atoms. The van der Waals surface area contributed by atoms with E-state index < -0.39 is 0 Å². The van der Waals surface area contributed by atoms with Crippen LogP contribution in [0, 0.1) is 10.8 Å². The van der Waals surface area contributed by atoms with E-state index in [1.807, 2.05) is 36.0 Å². The Morgan fingerprint density at radius 1 is 1.26 bits per heavy atom. The summed E-state index contributed by atoms with van der Waals surface area (Å²) in [6.07, 6.45) is 2.92. The molecular weight excluding hydrogens is 378 g/mol. The highest BCUT2D eigenvalue weighted by Gasteiger charge is 2.49. The van der Waals surface area contributed by atoms with Crippen LogP contribution in [-0.4, -0.2) is 47.9 Å². The molecule has 1 aromatic rings. The second-order valence-electron chi connectivity index (χ2n) is 9.63. The standard InChI is InChI=1S/C22H34ClNO2S/c1-20(2)11-6-12-24(15-20)13-19-14-27-22(5,26-19)21(3,4)16-25-18-9-7-17(23)8-10-18/h7-10,19H,6,11-16H2,1-5H3. The van der Waals surface area contributed by atoms with Gasteiger partial charge in [0, 0.05) is 29.3 Å². The van der Waals surface area contributed by atoms with Gasteiger partial charge in [-0.15, -0.1) is 11.8 Å². The molecule has 2 aliphatic rings. The fourth-order valence-electron chi connectivity index (χ4n) is 4.00. The van der Waals surface area contributed by atoms with Crippen molar-refractivity contribution in [1.29, 1.82) is 0 Å². The summed E-state index contributed by atoms with van der Waals surface area (Å²) < 4.78 is 12.7. The van der Waals surface area contributed by atoms with Crippen molar-refractivity contribution in [1.82, 2.24) is 4.90 Å². The molecule has 3 nitrogen and oxygen atoms in total. The van der Waals surface area contributed by atoms with Gasteiger partial charge in [-0.05, 0) is 56.0 Å². The van der Waals surface area contributed by atoms with Crippen LogP contribution >= 0.6 is 23.4 Å². The summed E-state index contributed by atoms with van der Waals surface area (Å²) >= 11 is 7.89. The molecule has 2 heterocycles. The van der Waals surface area contributed by atoms with Crippen molar-refractivity contribution in [3.8, 4) is 5.75 Å². The quantitative estimate of drug-likeness (QED) is 0.597. The first-order valence-corrected chi connectivity index (χ1v) is 11.4. The average molecular weight is 412 g/mol. The lowest BCUT2D eigenvalue weighted by atomic mass is 9.84. The van der Waals surface area contributed by atoms with E-state index in [-0.39, 0.29) is 10.3 Å². The summed E-state index contributed by atoms with van der Waals surface area (Å²) in [6, 6.07) is 7.57. The molecule has 5 heteroatoms. The molecule has 3 rings (SSSR count). The van der Waals surface area contributed by atoms with E-state index in [4.69, 9.17) is 21.1 Å². The molecule has 152 valence electrons. The van der Waals surface area contributed by atoms with Crippen LogP contribution in [0.4, 0.5) is 0 Å². The van der Waals surface area contributed by atoms with Crippen LogP contribution < -0.4 is 4.74 Å². The maximum absolute atomic E-state index is 6.61. The van der Waals surface area contributed by atoms with E-state index in [1.54, 1.807) is 0 Å². The Labute approximate surface area is 174 Å². The Kier molecular flexibility index (Phi) is 6.42. The Morgan fingerprint density at radius 2 is 1.96 bits per heavy atom. The van der Waals surface area contributed by atoms with Gasteiger partial charge in [-0.3, -0.25) is 0 Å². The van der Waals surface area contributed by atoms with Gasteiger partial charge in [0.15, 0.2) is 0 Å². The molecule has 0 aliphatic carbocycles. The highest BCUT2D eigenvalue weighted by atomic mass is 35.5. The fraction of sp³-hybridized carbons (Fsp3) is 0.727. The van der Waals surface area contributed by atoms with Gasteiger partial charge in [0.1, 0.15) is 10.7 Å². The maximum atomic E-state index is 6.61. The van der Waals surface area contributed by atoms with Crippen LogP contribution in [0.25, 0.3) is 0 Å². The van der Waals surface area contributed by atoms with Crippen LogP contribution in [0.2, 0.25) is 5.02 Å². The zero-order valence-electron chi connectivity index (χ0n) is 17.4. The van der Waals surface area contributed by atoms with Gasteiger partial charge in [0.2, 0.25) is 0 Å². The van der Waals surface area contributed by atoms with Crippen molar-refractivity contribution in [2.24, 2.45) is 10.8 Å². The molecule has 2 atom stereocenters. The Balaban J connectivity index is 1.55. The minimum Gasteiger partial charge on any atom is -0.493 e. The fourth-order valence-corrected chi connectivity index (χ4v) is 5.45. The number of piperidine rings is 1. The number of likely N-dealkylation sites (tertiary alicyclic amines) is 1. The number of ether oxygens (including phenoxy) is 2. The Hall–Kier alpha value is -0.420. The molecule has 0 radical (unpaired) electrons. The first kappa shape index (κ1) is 21.3. The van der Waals surface area contributed by atoms with Gasteiger partial charge in [-0.2, -0.15) is 0 Å². The van der Waals surface area contributed by atoms with Gasteiger partial charge in [-0.1, -0.05) is 39.3 Å². The highest BCUT2D eigenvalue weighted by Crippen LogP contribution is 2.49. The van der Waals surface area contributed by atoms with Crippen molar-refractivity contribution in [3.05, 3.63) is 29.3 Å². The number of hydrogen-bond acceptors (Lipinski definition) is 4. The Bertz CT molecular complexity index is 634. The summed E-state index contributed by atoms with van der Waals surface area (Å²) in [4.78, 5) is 2.35. The lowest BCUT2D eigenvalue weighted by molar-refractivity contribution is -0.0883. The molecule has 1 aromatic carbocycles. The summed E-state index contributed by atoms with van der Waals surface area (Å²) in [5.74, 6) is 1.91. The van der Waals surface area contributed by atoms with Crippen LogP contribution in [-0.2, 0) is 4.74 Å². The predicted molar refractivity (Wildman–Crippen MR) is 116 cm³/mol. The summed E-state index contributed by atoms with van der Waals surface area (Å²) in [5.41, 5.74) is 0.326. The number of thioether (sulfide) groups is 1. The normalized spacial score (nSPS) is 29.0. The van der Waals surface area contributed by atoms with Crippen molar-refractivity contribution in [2.75, 3.05) is 32.0 Å². The zero-order valence-corrected chi connectivity index (χ0v) is 19.0. The van der Waals surface area contributed by atoms with Gasteiger partial charge >= 0.3 is 0 Å². The summed E-state index contributed by atoms with van der Waals surface area (Å²) in [7, 11) is 0. The first-order chi connectivity index (χ1) is 12.6. The van der Waals surface area contributed by atoms with E-state index in [0.29, 0.717) is 18.1 Å². The molecule has 0 N–H and O–H groups in total. The number of benzene rings is 1. The molecule has 2 fully saturated rings. The summed E-state index contributed by atoms with van der Waals surface area (Å²) in [6.45, 7) is 15.5. The Morgan fingerprint density at radius 3 is 2.63 bits per heavy atom. The smallest absolute Gasteiger partial charge is 0.119 e. The van der Waals surface area contributed by atoms with Crippen molar-refractivity contribution in [3.63, 3.8) is 0 Å². The van der Waals surface area contributed by atoms with Crippen LogP contribution in [0.5, 0.6) is 5.75 Å². The van der Waals surface area contributed by atoms with E-state index in [1.165, 1.54) is 25.9 Å². The van der Waals surface area contributed by atoms with Gasteiger partial charge in [-0.25, -0.2) is 0 Å². The third-order valence-corrected chi connectivity index (χ3v) is 8.01. The lowest BCUT2D eigenvalue weighted by Gasteiger charge is -2.41. The monoisotopic (exact) mass is 411 g/mol. The molecule has 2 aliphatic heterocycles.